The SMILES string of the molecule is CC(C)C(N)C(=O)N=Cc1ccccc1. The molecule has 0 saturated heterocycles. The third-order valence-corrected chi connectivity index (χ3v) is 2.14. The first-order valence-electron chi connectivity index (χ1n) is 5.00. The lowest BCUT2D eigenvalue weighted by atomic mass is 10.1. The monoisotopic (exact) mass is 204 g/mol. The van der Waals surface area contributed by atoms with Crippen LogP contribution in [0.5, 0.6) is 0 Å². The maximum atomic E-state index is 11.4. The average Bonchev–Trinajstić information content (AvgIpc) is 2.26. The highest BCUT2D eigenvalue weighted by atomic mass is 16.1. The van der Waals surface area contributed by atoms with E-state index in [-0.39, 0.29) is 11.8 Å². The Morgan fingerprint density at radius 2 is 1.93 bits per heavy atom. The molecule has 0 fully saturated rings. The van der Waals surface area contributed by atoms with Crippen LogP contribution in [-0.4, -0.2) is 18.2 Å². The van der Waals surface area contributed by atoms with Crippen LogP contribution < -0.4 is 5.73 Å². The number of carbonyl (C=O) groups is 1. The lowest BCUT2D eigenvalue weighted by molar-refractivity contribution is -0.119. The Morgan fingerprint density at radius 1 is 1.33 bits per heavy atom. The van der Waals surface area contributed by atoms with Crippen molar-refractivity contribution in [1.82, 2.24) is 0 Å². The summed E-state index contributed by atoms with van der Waals surface area (Å²) in [6.07, 6.45) is 1.55. The number of aliphatic imine (C=N–C) groups is 1. The van der Waals surface area contributed by atoms with E-state index in [2.05, 4.69) is 4.99 Å². The molecule has 1 aromatic rings. The molecule has 0 bridgehead atoms. The highest BCUT2D eigenvalue weighted by Crippen LogP contribution is 2.01. The van der Waals surface area contributed by atoms with Crippen molar-refractivity contribution in [3.63, 3.8) is 0 Å². The van der Waals surface area contributed by atoms with Crippen LogP contribution in [0.4, 0.5) is 0 Å². The van der Waals surface area contributed by atoms with Crippen molar-refractivity contribution in [3.8, 4) is 0 Å². The largest absolute Gasteiger partial charge is 0.320 e. The zero-order chi connectivity index (χ0) is 11.3. The van der Waals surface area contributed by atoms with E-state index in [1.165, 1.54) is 0 Å². The van der Waals surface area contributed by atoms with Gasteiger partial charge in [-0.25, -0.2) is 4.99 Å². The van der Waals surface area contributed by atoms with Crippen molar-refractivity contribution in [2.45, 2.75) is 19.9 Å². The van der Waals surface area contributed by atoms with Crippen LogP contribution in [0.2, 0.25) is 0 Å². The Bertz CT molecular complexity index is 344. The molecule has 0 radical (unpaired) electrons. The van der Waals surface area contributed by atoms with E-state index in [9.17, 15) is 4.79 Å². The van der Waals surface area contributed by atoms with E-state index >= 15 is 0 Å². The summed E-state index contributed by atoms with van der Waals surface area (Å²) in [6, 6.07) is 8.97. The number of nitrogens with zero attached hydrogens (tertiary/aromatic N) is 1. The summed E-state index contributed by atoms with van der Waals surface area (Å²) in [5.74, 6) is -0.153. The third-order valence-electron chi connectivity index (χ3n) is 2.14. The molecule has 1 rings (SSSR count). The quantitative estimate of drug-likeness (QED) is 0.760. The van der Waals surface area contributed by atoms with Gasteiger partial charge in [0.25, 0.3) is 5.91 Å². The predicted octanol–water partition coefficient (Wildman–Crippen LogP) is 1.62. The minimum absolute atomic E-state index is 0.116. The molecule has 0 aliphatic heterocycles. The molecular weight excluding hydrogens is 188 g/mol. The Labute approximate surface area is 90.0 Å². The summed E-state index contributed by atoms with van der Waals surface area (Å²) in [4.78, 5) is 15.3. The van der Waals surface area contributed by atoms with Crippen LogP contribution in [0.15, 0.2) is 35.3 Å². The Balaban J connectivity index is 2.63. The average molecular weight is 204 g/mol. The normalized spacial score (nSPS) is 13.3. The van der Waals surface area contributed by atoms with Crippen molar-refractivity contribution in [3.05, 3.63) is 35.9 Å². The molecule has 0 saturated carbocycles. The number of rotatable bonds is 3. The minimum atomic E-state index is -0.509. The second-order valence-electron chi connectivity index (χ2n) is 3.78. The van der Waals surface area contributed by atoms with Crippen molar-refractivity contribution in [1.29, 1.82) is 0 Å². The molecule has 0 spiro atoms. The molecular formula is C12H16N2O. The first-order chi connectivity index (χ1) is 7.11. The van der Waals surface area contributed by atoms with Crippen LogP contribution in [0, 0.1) is 5.92 Å². The summed E-state index contributed by atoms with van der Waals surface area (Å²) < 4.78 is 0. The van der Waals surface area contributed by atoms with Crippen LogP contribution in [0.3, 0.4) is 0 Å². The van der Waals surface area contributed by atoms with Crippen LogP contribution in [0.1, 0.15) is 19.4 Å². The molecule has 0 aromatic heterocycles. The molecule has 3 heteroatoms. The molecule has 1 atom stereocenters. The molecule has 0 heterocycles. The van der Waals surface area contributed by atoms with E-state index in [4.69, 9.17) is 5.73 Å². The summed E-state index contributed by atoms with van der Waals surface area (Å²) >= 11 is 0. The lowest BCUT2D eigenvalue weighted by Crippen LogP contribution is -2.34. The fourth-order valence-corrected chi connectivity index (χ4v) is 1.05. The molecule has 15 heavy (non-hydrogen) atoms. The van der Waals surface area contributed by atoms with Gasteiger partial charge >= 0.3 is 0 Å². The number of hydrogen-bond acceptors (Lipinski definition) is 2. The Hall–Kier alpha value is -1.48. The predicted molar refractivity (Wildman–Crippen MR) is 61.9 cm³/mol. The van der Waals surface area contributed by atoms with Gasteiger partial charge in [-0.3, -0.25) is 4.79 Å². The second kappa shape index (κ2) is 5.41. The molecule has 1 aromatic carbocycles. The minimum Gasteiger partial charge on any atom is -0.320 e. The van der Waals surface area contributed by atoms with Crippen molar-refractivity contribution >= 4 is 12.1 Å². The van der Waals surface area contributed by atoms with Gasteiger partial charge in [0.05, 0.1) is 6.04 Å². The van der Waals surface area contributed by atoms with Gasteiger partial charge in [0.1, 0.15) is 0 Å². The second-order valence-corrected chi connectivity index (χ2v) is 3.78. The van der Waals surface area contributed by atoms with Crippen LogP contribution in [0.25, 0.3) is 0 Å². The number of carbonyl (C=O) groups excluding carboxylic acids is 1. The maximum absolute atomic E-state index is 11.4. The first-order valence-corrected chi connectivity index (χ1v) is 5.00. The van der Waals surface area contributed by atoms with E-state index in [1.807, 2.05) is 44.2 Å². The van der Waals surface area contributed by atoms with Gasteiger partial charge < -0.3 is 5.73 Å². The summed E-state index contributed by atoms with van der Waals surface area (Å²) in [5.41, 5.74) is 6.57. The summed E-state index contributed by atoms with van der Waals surface area (Å²) in [5, 5.41) is 0. The lowest BCUT2D eigenvalue weighted by Gasteiger charge is -2.10. The Morgan fingerprint density at radius 3 is 2.47 bits per heavy atom. The molecule has 2 N–H and O–H groups in total. The van der Waals surface area contributed by atoms with Gasteiger partial charge in [0, 0.05) is 6.21 Å². The zero-order valence-corrected chi connectivity index (χ0v) is 9.05. The summed E-state index contributed by atoms with van der Waals surface area (Å²) in [7, 11) is 0. The smallest absolute Gasteiger partial charge is 0.262 e. The van der Waals surface area contributed by atoms with Gasteiger partial charge in [-0.2, -0.15) is 0 Å². The molecule has 0 aliphatic carbocycles. The van der Waals surface area contributed by atoms with Gasteiger partial charge in [-0.15, -0.1) is 0 Å². The van der Waals surface area contributed by atoms with Crippen LogP contribution >= 0.6 is 0 Å². The fourth-order valence-electron chi connectivity index (χ4n) is 1.05. The molecule has 1 unspecified atom stereocenters. The maximum Gasteiger partial charge on any atom is 0.262 e. The van der Waals surface area contributed by atoms with Crippen molar-refractivity contribution < 1.29 is 4.79 Å². The molecule has 0 aliphatic rings. The standard InChI is InChI=1S/C12H16N2O/c1-9(2)11(13)12(15)14-8-10-6-4-3-5-7-10/h3-9,11H,13H2,1-2H3. The van der Waals surface area contributed by atoms with Crippen LogP contribution in [-0.2, 0) is 4.79 Å². The number of benzene rings is 1. The van der Waals surface area contributed by atoms with E-state index in [1.54, 1.807) is 6.21 Å². The van der Waals surface area contributed by atoms with E-state index < -0.39 is 6.04 Å². The van der Waals surface area contributed by atoms with Gasteiger partial charge in [0.15, 0.2) is 0 Å². The van der Waals surface area contributed by atoms with Gasteiger partial charge in [0.2, 0.25) is 0 Å². The van der Waals surface area contributed by atoms with E-state index in [0.29, 0.717) is 0 Å². The van der Waals surface area contributed by atoms with Gasteiger partial charge in [-0.1, -0.05) is 44.2 Å². The van der Waals surface area contributed by atoms with E-state index in [0.717, 1.165) is 5.56 Å². The molecule has 3 nitrogen and oxygen atoms in total. The molecule has 80 valence electrons. The topological polar surface area (TPSA) is 55.5 Å². The zero-order valence-electron chi connectivity index (χ0n) is 9.05. The number of nitrogens with two attached hydrogens (primary N) is 1. The third kappa shape index (κ3) is 3.64. The highest BCUT2D eigenvalue weighted by molar-refractivity contribution is 5.94. The fraction of sp³-hybridized carbons (Fsp3) is 0.333. The van der Waals surface area contributed by atoms with Crippen molar-refractivity contribution in [2.75, 3.05) is 0 Å². The first kappa shape index (κ1) is 11.6. The highest BCUT2D eigenvalue weighted by Gasteiger charge is 2.15. The summed E-state index contributed by atoms with van der Waals surface area (Å²) in [6.45, 7) is 3.81. The van der Waals surface area contributed by atoms with Gasteiger partial charge in [-0.05, 0) is 11.5 Å². The number of amides is 1. The molecule has 1 amide bonds. The Kier molecular flexibility index (Phi) is 4.18. The number of hydrogen-bond donors (Lipinski definition) is 1. The van der Waals surface area contributed by atoms with Crippen molar-refractivity contribution in [2.24, 2.45) is 16.6 Å².